The highest BCUT2D eigenvalue weighted by Crippen LogP contribution is 2.33. The van der Waals surface area contributed by atoms with E-state index in [2.05, 4.69) is 5.32 Å². The van der Waals surface area contributed by atoms with Crippen molar-refractivity contribution < 1.29 is 18.9 Å². The number of imide groups is 1. The molecular weight excluding hydrogens is 393 g/mol. The van der Waals surface area contributed by atoms with Gasteiger partial charge in [-0.15, -0.1) is 0 Å². The van der Waals surface area contributed by atoms with Gasteiger partial charge < -0.3 is 10.2 Å². The number of amides is 3. The summed E-state index contributed by atoms with van der Waals surface area (Å²) in [6, 6.07) is 13.5. The second kappa shape index (κ2) is 7.76. The summed E-state index contributed by atoms with van der Waals surface area (Å²) in [5.41, 5.74) is 0.587. The molecule has 4 rings (SSSR count). The van der Waals surface area contributed by atoms with Crippen LogP contribution in [0.5, 0.6) is 0 Å². The van der Waals surface area contributed by atoms with Crippen molar-refractivity contribution >= 4 is 23.5 Å². The van der Waals surface area contributed by atoms with Crippen molar-refractivity contribution in [2.75, 3.05) is 6.67 Å². The molecular formula is C22H24ClFN3O2+. The molecule has 2 aromatic rings. The SMILES string of the molecule is CC[C@]1(c2cccc(Cl)c2)NC(=O)N(C[NH+](Cc2ccc(F)cc2)C2CC2)C1=O. The summed E-state index contributed by atoms with van der Waals surface area (Å²) in [5, 5.41) is 3.44. The van der Waals surface area contributed by atoms with E-state index in [9.17, 15) is 14.0 Å². The van der Waals surface area contributed by atoms with Gasteiger partial charge in [-0.3, -0.25) is 4.79 Å². The van der Waals surface area contributed by atoms with Gasteiger partial charge in [0.05, 0.1) is 6.04 Å². The van der Waals surface area contributed by atoms with E-state index in [1.54, 1.807) is 30.3 Å². The second-order valence-electron chi connectivity index (χ2n) is 7.83. The Kier molecular flexibility index (Phi) is 5.32. The van der Waals surface area contributed by atoms with Crippen molar-refractivity contribution in [1.82, 2.24) is 10.2 Å². The average Bonchev–Trinajstić information content (AvgIpc) is 3.52. The Bertz CT molecular complexity index is 932. The Balaban J connectivity index is 1.56. The third kappa shape index (κ3) is 3.87. The molecule has 2 aromatic carbocycles. The van der Waals surface area contributed by atoms with Gasteiger partial charge in [-0.25, -0.2) is 14.1 Å². The summed E-state index contributed by atoms with van der Waals surface area (Å²) in [4.78, 5) is 28.6. The number of nitrogens with one attached hydrogen (secondary N) is 2. The fourth-order valence-electron chi connectivity index (χ4n) is 4.05. The first-order valence-corrected chi connectivity index (χ1v) is 10.3. The molecule has 1 aliphatic heterocycles. The molecule has 0 spiro atoms. The molecule has 7 heteroatoms. The van der Waals surface area contributed by atoms with Crippen LogP contribution in [-0.4, -0.2) is 29.5 Å². The first kappa shape index (κ1) is 19.9. The van der Waals surface area contributed by atoms with E-state index >= 15 is 0 Å². The smallest absolute Gasteiger partial charge is 0.319 e. The van der Waals surface area contributed by atoms with Gasteiger partial charge in [0.25, 0.3) is 5.91 Å². The molecule has 1 unspecified atom stereocenters. The topological polar surface area (TPSA) is 53.9 Å². The lowest BCUT2D eigenvalue weighted by Gasteiger charge is -2.27. The lowest BCUT2D eigenvalue weighted by molar-refractivity contribution is -0.931. The van der Waals surface area contributed by atoms with Gasteiger partial charge in [0.2, 0.25) is 0 Å². The first-order valence-electron chi connectivity index (χ1n) is 9.92. The highest BCUT2D eigenvalue weighted by molar-refractivity contribution is 6.30. The van der Waals surface area contributed by atoms with Crippen LogP contribution < -0.4 is 10.2 Å². The highest BCUT2D eigenvalue weighted by Gasteiger charge is 2.53. The maximum absolute atomic E-state index is 13.4. The van der Waals surface area contributed by atoms with Crippen LogP contribution >= 0.6 is 11.6 Å². The molecule has 0 bridgehead atoms. The fourth-order valence-corrected chi connectivity index (χ4v) is 4.24. The van der Waals surface area contributed by atoms with Crippen molar-refractivity contribution in [2.45, 2.75) is 44.3 Å². The molecule has 2 N–H and O–H groups in total. The number of hydrogen-bond acceptors (Lipinski definition) is 2. The van der Waals surface area contributed by atoms with Crippen LogP contribution in [0.4, 0.5) is 9.18 Å². The molecule has 2 atom stereocenters. The minimum atomic E-state index is -1.09. The molecule has 1 aliphatic carbocycles. The lowest BCUT2D eigenvalue weighted by Crippen LogP contribution is -3.13. The van der Waals surface area contributed by atoms with Crippen molar-refractivity contribution in [3.63, 3.8) is 0 Å². The summed E-state index contributed by atoms with van der Waals surface area (Å²) in [6.07, 6.45) is 2.56. The zero-order valence-electron chi connectivity index (χ0n) is 16.3. The standard InChI is InChI=1S/C22H23ClFN3O2/c1-2-22(16-4-3-5-17(23)12-16)20(28)27(21(29)25-22)14-26(19-10-11-19)13-15-6-8-18(24)9-7-15/h3-9,12,19H,2,10-11,13-14H2,1H3,(H,25,29)/p+1/t22-/m1/s1. The Morgan fingerprint density at radius 2 is 1.93 bits per heavy atom. The molecule has 5 nitrogen and oxygen atoms in total. The van der Waals surface area contributed by atoms with E-state index in [0.717, 1.165) is 23.3 Å². The Hall–Kier alpha value is -2.44. The summed E-state index contributed by atoms with van der Waals surface area (Å²) in [5.74, 6) is -0.519. The number of urea groups is 1. The largest absolute Gasteiger partial charge is 0.329 e. The van der Waals surface area contributed by atoms with Gasteiger partial charge in [-0.2, -0.15) is 0 Å². The molecule has 0 aromatic heterocycles. The Morgan fingerprint density at radius 3 is 2.55 bits per heavy atom. The van der Waals surface area contributed by atoms with Crippen LogP contribution in [-0.2, 0) is 16.9 Å². The molecule has 1 saturated carbocycles. The molecule has 3 amide bonds. The molecule has 152 valence electrons. The molecule has 1 saturated heterocycles. The number of carbonyl (C=O) groups excluding carboxylic acids is 2. The van der Waals surface area contributed by atoms with Gasteiger partial charge in [0.15, 0.2) is 6.67 Å². The summed E-state index contributed by atoms with van der Waals surface area (Å²) in [6.45, 7) is 2.81. The molecule has 2 aliphatic rings. The maximum Gasteiger partial charge on any atom is 0.329 e. The Morgan fingerprint density at radius 1 is 1.21 bits per heavy atom. The average molecular weight is 417 g/mol. The number of halogens is 2. The quantitative estimate of drug-likeness (QED) is 0.682. The van der Waals surface area contributed by atoms with E-state index < -0.39 is 5.54 Å². The first-order chi connectivity index (χ1) is 13.9. The van der Waals surface area contributed by atoms with Crippen molar-refractivity contribution in [2.24, 2.45) is 0 Å². The van der Waals surface area contributed by atoms with Crippen LogP contribution in [0.15, 0.2) is 48.5 Å². The number of nitrogens with zero attached hydrogens (tertiary/aromatic N) is 1. The van der Waals surface area contributed by atoms with Crippen LogP contribution in [0.2, 0.25) is 5.02 Å². The van der Waals surface area contributed by atoms with Gasteiger partial charge in [0.1, 0.15) is 17.9 Å². The van der Waals surface area contributed by atoms with E-state index in [1.807, 2.05) is 13.0 Å². The summed E-state index contributed by atoms with van der Waals surface area (Å²) in [7, 11) is 0. The van der Waals surface area contributed by atoms with Crippen molar-refractivity contribution in [1.29, 1.82) is 0 Å². The lowest BCUT2D eigenvalue weighted by atomic mass is 9.87. The molecule has 29 heavy (non-hydrogen) atoms. The normalized spacial score (nSPS) is 22.7. The predicted octanol–water partition coefficient (Wildman–Crippen LogP) is 2.84. The van der Waals surface area contributed by atoms with Gasteiger partial charge in [-0.1, -0.05) is 42.8 Å². The van der Waals surface area contributed by atoms with Gasteiger partial charge >= 0.3 is 6.03 Å². The van der Waals surface area contributed by atoms with Crippen LogP contribution in [0.25, 0.3) is 0 Å². The number of rotatable bonds is 7. The van der Waals surface area contributed by atoms with Crippen molar-refractivity contribution in [3.05, 3.63) is 70.5 Å². The fraction of sp³-hybridized carbons (Fsp3) is 0.364. The van der Waals surface area contributed by atoms with E-state index in [0.29, 0.717) is 29.6 Å². The number of hydrogen-bond donors (Lipinski definition) is 2. The minimum absolute atomic E-state index is 0.246. The number of carbonyl (C=O) groups is 2. The maximum atomic E-state index is 13.4. The van der Waals surface area contributed by atoms with Crippen LogP contribution in [0.1, 0.15) is 37.3 Å². The number of benzene rings is 2. The molecule has 0 radical (unpaired) electrons. The second-order valence-corrected chi connectivity index (χ2v) is 8.26. The monoisotopic (exact) mass is 416 g/mol. The predicted molar refractivity (Wildman–Crippen MR) is 108 cm³/mol. The van der Waals surface area contributed by atoms with Gasteiger partial charge in [-0.05, 0) is 36.2 Å². The Labute approximate surface area is 174 Å². The molecule has 1 heterocycles. The third-order valence-electron chi connectivity index (χ3n) is 5.88. The third-order valence-corrected chi connectivity index (χ3v) is 6.12. The van der Waals surface area contributed by atoms with Crippen LogP contribution in [0.3, 0.4) is 0 Å². The number of quaternary nitrogens is 1. The van der Waals surface area contributed by atoms with E-state index in [-0.39, 0.29) is 24.4 Å². The zero-order chi connectivity index (χ0) is 20.6. The molecule has 2 fully saturated rings. The van der Waals surface area contributed by atoms with Gasteiger partial charge in [0, 0.05) is 23.4 Å². The minimum Gasteiger partial charge on any atom is -0.319 e. The summed E-state index contributed by atoms with van der Waals surface area (Å²) < 4.78 is 13.2. The highest BCUT2D eigenvalue weighted by atomic mass is 35.5. The van der Waals surface area contributed by atoms with Crippen LogP contribution in [0, 0.1) is 5.82 Å². The van der Waals surface area contributed by atoms with E-state index in [4.69, 9.17) is 11.6 Å². The zero-order valence-corrected chi connectivity index (χ0v) is 17.0. The summed E-state index contributed by atoms with van der Waals surface area (Å²) >= 11 is 6.13. The van der Waals surface area contributed by atoms with E-state index in [1.165, 1.54) is 17.0 Å². The van der Waals surface area contributed by atoms with Crippen molar-refractivity contribution in [3.8, 4) is 0 Å².